The zero-order chi connectivity index (χ0) is 13.3. The summed E-state index contributed by atoms with van der Waals surface area (Å²) in [6.45, 7) is 2.13. The number of halogens is 1. The zero-order valence-corrected chi connectivity index (χ0v) is 10.7. The number of fused-ring (bicyclic) bond motifs is 1. The maximum Gasteiger partial charge on any atom is 0.123 e. The molecule has 0 spiro atoms. The summed E-state index contributed by atoms with van der Waals surface area (Å²) in [5, 5.41) is 13.3. The molecule has 0 saturated carbocycles. The Morgan fingerprint density at radius 2 is 2.37 bits per heavy atom. The molecule has 2 N–H and O–H groups in total. The van der Waals surface area contributed by atoms with Crippen LogP contribution in [-0.4, -0.2) is 43.1 Å². The van der Waals surface area contributed by atoms with Crippen molar-refractivity contribution in [2.45, 2.75) is 24.5 Å². The highest BCUT2D eigenvalue weighted by Gasteiger charge is 2.32. The molecule has 3 rings (SSSR count). The van der Waals surface area contributed by atoms with E-state index < -0.39 is 5.60 Å². The summed E-state index contributed by atoms with van der Waals surface area (Å²) in [5.41, 5.74) is 0.159. The van der Waals surface area contributed by atoms with Gasteiger partial charge in [0.05, 0.1) is 6.61 Å². The van der Waals surface area contributed by atoms with Crippen molar-refractivity contribution in [3.63, 3.8) is 0 Å². The van der Waals surface area contributed by atoms with Gasteiger partial charge in [-0.05, 0) is 18.2 Å². The molecule has 104 valence electrons. The van der Waals surface area contributed by atoms with E-state index in [4.69, 9.17) is 9.47 Å². The Kier molecular flexibility index (Phi) is 3.43. The van der Waals surface area contributed by atoms with E-state index in [0.717, 1.165) is 11.3 Å². The minimum atomic E-state index is -0.752. The summed E-state index contributed by atoms with van der Waals surface area (Å²) in [5.74, 6) is 0.532. The Bertz CT molecular complexity index is 460. The molecule has 19 heavy (non-hydrogen) atoms. The van der Waals surface area contributed by atoms with Gasteiger partial charge in [0.2, 0.25) is 0 Å². The van der Waals surface area contributed by atoms with Crippen molar-refractivity contribution in [3.8, 4) is 5.75 Å². The molecular formula is C14H18FNO3. The highest BCUT2D eigenvalue weighted by atomic mass is 19.1. The minimum Gasteiger partial charge on any atom is -0.488 e. The zero-order valence-electron chi connectivity index (χ0n) is 10.7. The summed E-state index contributed by atoms with van der Waals surface area (Å²) in [7, 11) is 0. The first-order chi connectivity index (χ1) is 9.15. The topological polar surface area (TPSA) is 50.7 Å². The van der Waals surface area contributed by atoms with Gasteiger partial charge in [-0.1, -0.05) is 0 Å². The van der Waals surface area contributed by atoms with Crippen LogP contribution in [0, 0.1) is 5.82 Å². The maximum atomic E-state index is 13.1. The fourth-order valence-electron chi connectivity index (χ4n) is 2.60. The molecule has 0 amide bonds. The third-order valence-electron chi connectivity index (χ3n) is 3.67. The van der Waals surface area contributed by atoms with Gasteiger partial charge in [0, 0.05) is 38.1 Å². The highest BCUT2D eigenvalue weighted by Crippen LogP contribution is 2.29. The summed E-state index contributed by atoms with van der Waals surface area (Å²) in [6, 6.07) is 4.60. The summed E-state index contributed by atoms with van der Waals surface area (Å²) >= 11 is 0. The van der Waals surface area contributed by atoms with Gasteiger partial charge in [0.1, 0.15) is 23.3 Å². The van der Waals surface area contributed by atoms with Crippen molar-refractivity contribution in [1.29, 1.82) is 0 Å². The predicted octanol–water partition coefficient (Wildman–Crippen LogP) is 0.870. The Balaban J connectivity index is 1.48. The third kappa shape index (κ3) is 2.88. The second-order valence-electron chi connectivity index (χ2n) is 5.35. The van der Waals surface area contributed by atoms with Gasteiger partial charge in [0.25, 0.3) is 0 Å². The summed E-state index contributed by atoms with van der Waals surface area (Å²) in [6.07, 6.45) is 1.37. The van der Waals surface area contributed by atoms with Gasteiger partial charge in [-0.2, -0.15) is 0 Å². The van der Waals surface area contributed by atoms with Gasteiger partial charge < -0.3 is 19.9 Å². The first-order valence-electron chi connectivity index (χ1n) is 6.61. The van der Waals surface area contributed by atoms with Gasteiger partial charge in [-0.25, -0.2) is 4.39 Å². The molecule has 1 saturated heterocycles. The Morgan fingerprint density at radius 1 is 1.47 bits per heavy atom. The lowest BCUT2D eigenvalue weighted by molar-refractivity contribution is 0.0255. The Morgan fingerprint density at radius 3 is 3.16 bits per heavy atom. The lowest BCUT2D eigenvalue weighted by Crippen LogP contribution is -2.44. The normalized spacial score (nSPS) is 29.3. The van der Waals surface area contributed by atoms with Crippen molar-refractivity contribution >= 4 is 0 Å². The van der Waals surface area contributed by atoms with Crippen LogP contribution in [-0.2, 0) is 11.2 Å². The molecule has 4 nitrogen and oxygen atoms in total. The van der Waals surface area contributed by atoms with E-state index >= 15 is 0 Å². The van der Waals surface area contributed by atoms with Crippen molar-refractivity contribution < 1.29 is 19.0 Å². The van der Waals surface area contributed by atoms with Crippen LogP contribution >= 0.6 is 0 Å². The van der Waals surface area contributed by atoms with Crippen molar-refractivity contribution in [2.75, 3.05) is 26.3 Å². The highest BCUT2D eigenvalue weighted by molar-refractivity contribution is 5.37. The van der Waals surface area contributed by atoms with Gasteiger partial charge >= 0.3 is 0 Å². The number of nitrogens with one attached hydrogen (secondary N) is 1. The molecule has 0 aliphatic carbocycles. The van der Waals surface area contributed by atoms with E-state index in [1.54, 1.807) is 6.07 Å². The molecule has 5 heteroatoms. The number of hydrogen-bond donors (Lipinski definition) is 2. The number of hydrogen-bond acceptors (Lipinski definition) is 4. The molecule has 0 aromatic heterocycles. The van der Waals surface area contributed by atoms with Crippen LogP contribution in [0.5, 0.6) is 5.75 Å². The molecule has 0 bridgehead atoms. The van der Waals surface area contributed by atoms with Crippen molar-refractivity contribution in [1.82, 2.24) is 5.32 Å². The van der Waals surface area contributed by atoms with E-state index in [1.807, 2.05) is 0 Å². The molecule has 1 aromatic rings. The van der Waals surface area contributed by atoms with Gasteiger partial charge in [-0.15, -0.1) is 0 Å². The molecule has 2 unspecified atom stereocenters. The van der Waals surface area contributed by atoms with E-state index in [-0.39, 0.29) is 11.9 Å². The first-order valence-corrected chi connectivity index (χ1v) is 6.61. The van der Waals surface area contributed by atoms with E-state index in [9.17, 15) is 9.50 Å². The second-order valence-corrected chi connectivity index (χ2v) is 5.35. The number of benzene rings is 1. The largest absolute Gasteiger partial charge is 0.488 e. The molecule has 0 radical (unpaired) electrons. The number of aliphatic hydroxyl groups is 1. The van der Waals surface area contributed by atoms with Crippen molar-refractivity contribution in [3.05, 3.63) is 29.6 Å². The molecule has 1 fully saturated rings. The number of rotatable bonds is 4. The second kappa shape index (κ2) is 5.07. The molecule has 2 aliphatic rings. The van der Waals surface area contributed by atoms with Crippen LogP contribution in [0.2, 0.25) is 0 Å². The minimum absolute atomic E-state index is 0.00252. The summed E-state index contributed by atoms with van der Waals surface area (Å²) in [4.78, 5) is 0. The lowest BCUT2D eigenvalue weighted by Gasteiger charge is -2.22. The molecule has 2 heterocycles. The smallest absolute Gasteiger partial charge is 0.123 e. The van der Waals surface area contributed by atoms with Crippen LogP contribution in [0.25, 0.3) is 0 Å². The molecule has 2 aliphatic heterocycles. The van der Waals surface area contributed by atoms with E-state index in [1.165, 1.54) is 12.1 Å². The van der Waals surface area contributed by atoms with Crippen LogP contribution in [0.3, 0.4) is 0 Å². The van der Waals surface area contributed by atoms with Crippen LogP contribution in [0.1, 0.15) is 12.0 Å². The first kappa shape index (κ1) is 12.8. The fraction of sp³-hybridized carbons (Fsp3) is 0.571. The Labute approximate surface area is 111 Å². The van der Waals surface area contributed by atoms with Crippen LogP contribution < -0.4 is 10.1 Å². The molecule has 1 aromatic carbocycles. The quantitative estimate of drug-likeness (QED) is 0.850. The van der Waals surface area contributed by atoms with E-state index in [2.05, 4.69) is 5.32 Å². The fourth-order valence-corrected chi connectivity index (χ4v) is 2.60. The van der Waals surface area contributed by atoms with Crippen molar-refractivity contribution in [2.24, 2.45) is 0 Å². The number of ether oxygens (including phenoxy) is 2. The lowest BCUT2D eigenvalue weighted by atomic mass is 10.0. The molecular weight excluding hydrogens is 249 g/mol. The van der Waals surface area contributed by atoms with Crippen LogP contribution in [0.15, 0.2) is 18.2 Å². The van der Waals surface area contributed by atoms with E-state index in [0.29, 0.717) is 39.1 Å². The van der Waals surface area contributed by atoms with Gasteiger partial charge in [-0.3, -0.25) is 0 Å². The standard InChI is InChI=1S/C14H18FNO3/c15-11-1-2-13-10(5-11)6-12(19-13)7-16-8-14(17)3-4-18-9-14/h1-2,5,12,16-17H,3-4,6-9H2. The average Bonchev–Trinajstić information content (AvgIpc) is 2.95. The average molecular weight is 267 g/mol. The Hall–Kier alpha value is -1.17. The summed E-state index contributed by atoms with van der Waals surface area (Å²) < 4.78 is 24.0. The predicted molar refractivity (Wildman–Crippen MR) is 67.8 cm³/mol. The maximum absolute atomic E-state index is 13.1. The molecule has 2 atom stereocenters. The van der Waals surface area contributed by atoms with Crippen LogP contribution in [0.4, 0.5) is 4.39 Å². The van der Waals surface area contributed by atoms with Gasteiger partial charge in [0.15, 0.2) is 0 Å². The SMILES string of the molecule is OC1(CNCC2Cc3cc(F)ccc3O2)CCOC1. The third-order valence-corrected chi connectivity index (χ3v) is 3.67. The monoisotopic (exact) mass is 267 g/mol.